The van der Waals surface area contributed by atoms with Crippen molar-refractivity contribution in [2.75, 3.05) is 19.5 Å². The van der Waals surface area contributed by atoms with Crippen LogP contribution < -0.4 is 11.3 Å². The summed E-state index contributed by atoms with van der Waals surface area (Å²) in [5.41, 5.74) is 3.82. The van der Waals surface area contributed by atoms with Crippen LogP contribution in [-0.2, 0) is 10.5 Å². The van der Waals surface area contributed by atoms with Crippen molar-refractivity contribution in [3.63, 3.8) is 0 Å². The Bertz CT molecular complexity index is 358. The number of methoxy groups -OCH3 is 1. The van der Waals surface area contributed by atoms with Crippen LogP contribution in [0.1, 0.15) is 22.3 Å². The summed E-state index contributed by atoms with van der Waals surface area (Å²) in [6.45, 7) is 0.776. The number of ether oxygens (including phenoxy) is 1. The second-order valence-corrected chi connectivity index (χ2v) is 4.63. The highest BCUT2D eigenvalue weighted by molar-refractivity contribution is 7.98. The quantitative estimate of drug-likeness (QED) is 0.335. The lowest BCUT2D eigenvalue weighted by molar-refractivity contribution is 0.0953. The van der Waals surface area contributed by atoms with Crippen molar-refractivity contribution in [1.82, 2.24) is 5.43 Å². The fourth-order valence-electron chi connectivity index (χ4n) is 1.43. The summed E-state index contributed by atoms with van der Waals surface area (Å²) in [4.78, 5) is 11.5. The summed E-state index contributed by atoms with van der Waals surface area (Å²) < 4.78 is 4.98. The highest BCUT2D eigenvalue weighted by Gasteiger charge is 2.08. The van der Waals surface area contributed by atoms with Crippen LogP contribution in [0.25, 0.3) is 0 Å². The number of amides is 1. The van der Waals surface area contributed by atoms with Gasteiger partial charge in [0.05, 0.1) is 0 Å². The van der Waals surface area contributed by atoms with Crippen LogP contribution in [-0.4, -0.2) is 25.4 Å². The van der Waals surface area contributed by atoms with E-state index in [4.69, 9.17) is 10.6 Å². The third kappa shape index (κ3) is 4.77. The van der Waals surface area contributed by atoms with Crippen molar-refractivity contribution < 1.29 is 9.53 Å². The summed E-state index contributed by atoms with van der Waals surface area (Å²) in [5, 5.41) is 0. The van der Waals surface area contributed by atoms with Gasteiger partial charge in [0.15, 0.2) is 0 Å². The van der Waals surface area contributed by atoms with Crippen LogP contribution >= 0.6 is 11.8 Å². The third-order valence-corrected chi connectivity index (χ3v) is 3.38. The molecule has 5 heteroatoms. The summed E-state index contributed by atoms with van der Waals surface area (Å²) in [6.07, 6.45) is 1.02. The van der Waals surface area contributed by atoms with Gasteiger partial charge in [-0.15, -0.1) is 0 Å². The first-order valence-electron chi connectivity index (χ1n) is 5.45. The number of thioether (sulfide) groups is 1. The zero-order chi connectivity index (χ0) is 12.5. The first-order chi connectivity index (χ1) is 8.29. The Hall–Kier alpha value is -1.04. The normalized spacial score (nSPS) is 10.2. The van der Waals surface area contributed by atoms with E-state index in [1.165, 1.54) is 0 Å². The minimum Gasteiger partial charge on any atom is -0.385 e. The molecule has 0 saturated carbocycles. The lowest BCUT2D eigenvalue weighted by Gasteiger charge is -2.07. The van der Waals surface area contributed by atoms with Gasteiger partial charge in [-0.3, -0.25) is 10.2 Å². The molecule has 1 rings (SSSR count). The molecule has 0 unspecified atom stereocenters. The lowest BCUT2D eigenvalue weighted by atomic mass is 10.1. The smallest absolute Gasteiger partial charge is 0.265 e. The summed E-state index contributed by atoms with van der Waals surface area (Å²) in [6, 6.07) is 7.50. The van der Waals surface area contributed by atoms with Crippen molar-refractivity contribution in [2.45, 2.75) is 12.2 Å². The van der Waals surface area contributed by atoms with Crippen LogP contribution in [0.3, 0.4) is 0 Å². The topological polar surface area (TPSA) is 64.3 Å². The predicted molar refractivity (Wildman–Crippen MR) is 70.8 cm³/mol. The van der Waals surface area contributed by atoms with Gasteiger partial charge in [0.25, 0.3) is 5.91 Å². The summed E-state index contributed by atoms with van der Waals surface area (Å²) in [5.74, 6) is 6.74. The van der Waals surface area contributed by atoms with E-state index < -0.39 is 0 Å². The molecule has 0 radical (unpaired) electrons. The van der Waals surface area contributed by atoms with E-state index in [1.807, 2.05) is 18.2 Å². The molecule has 0 saturated heterocycles. The molecular weight excluding hydrogens is 236 g/mol. The average molecular weight is 254 g/mol. The molecule has 0 aliphatic rings. The molecule has 0 aromatic heterocycles. The van der Waals surface area contributed by atoms with Gasteiger partial charge in [-0.25, -0.2) is 5.84 Å². The van der Waals surface area contributed by atoms with Crippen molar-refractivity contribution in [1.29, 1.82) is 0 Å². The minimum atomic E-state index is -0.238. The monoisotopic (exact) mass is 254 g/mol. The second-order valence-electron chi connectivity index (χ2n) is 3.53. The molecule has 0 atom stereocenters. The van der Waals surface area contributed by atoms with Gasteiger partial charge in [0.2, 0.25) is 0 Å². The Morgan fingerprint density at radius 1 is 1.47 bits per heavy atom. The number of hydrogen-bond donors (Lipinski definition) is 2. The van der Waals surface area contributed by atoms with Gasteiger partial charge >= 0.3 is 0 Å². The number of hydrazine groups is 1. The predicted octanol–water partition coefficient (Wildman–Crippen LogP) is 1.56. The SMILES string of the molecule is COCCCSCc1ccccc1C(=O)NN. The van der Waals surface area contributed by atoms with Crippen molar-refractivity contribution in [3.8, 4) is 0 Å². The molecule has 1 aromatic rings. The van der Waals surface area contributed by atoms with E-state index >= 15 is 0 Å². The Kier molecular flexibility index (Phi) is 6.69. The number of hydrogen-bond acceptors (Lipinski definition) is 4. The Labute approximate surface area is 106 Å². The zero-order valence-corrected chi connectivity index (χ0v) is 10.8. The van der Waals surface area contributed by atoms with Crippen LogP contribution in [0.4, 0.5) is 0 Å². The maximum absolute atomic E-state index is 11.5. The van der Waals surface area contributed by atoms with Gasteiger partial charge < -0.3 is 4.74 Å². The summed E-state index contributed by atoms with van der Waals surface area (Å²) in [7, 11) is 1.70. The lowest BCUT2D eigenvalue weighted by Crippen LogP contribution is -2.30. The fraction of sp³-hybridized carbons (Fsp3) is 0.417. The minimum absolute atomic E-state index is 0.238. The number of carbonyl (C=O) groups excluding carboxylic acids is 1. The van der Waals surface area contributed by atoms with Crippen LogP contribution in [0.15, 0.2) is 24.3 Å². The highest BCUT2D eigenvalue weighted by Crippen LogP contribution is 2.17. The number of rotatable bonds is 7. The standard InChI is InChI=1S/C12H18N2O2S/c1-16-7-4-8-17-9-10-5-2-3-6-11(10)12(15)14-13/h2-3,5-6H,4,7-9,13H2,1H3,(H,14,15). The summed E-state index contributed by atoms with van der Waals surface area (Å²) >= 11 is 1.79. The molecule has 0 spiro atoms. The molecular formula is C12H18N2O2S. The molecule has 4 nitrogen and oxygen atoms in total. The Morgan fingerprint density at radius 3 is 2.94 bits per heavy atom. The third-order valence-electron chi connectivity index (χ3n) is 2.29. The molecule has 94 valence electrons. The van der Waals surface area contributed by atoms with Crippen LogP contribution in [0.2, 0.25) is 0 Å². The first kappa shape index (κ1) is 14.0. The van der Waals surface area contributed by atoms with Crippen molar-refractivity contribution in [2.24, 2.45) is 5.84 Å². The number of carbonyl (C=O) groups is 1. The molecule has 0 aliphatic heterocycles. The second kappa shape index (κ2) is 8.11. The highest BCUT2D eigenvalue weighted by atomic mass is 32.2. The van der Waals surface area contributed by atoms with Gasteiger partial charge in [-0.05, 0) is 23.8 Å². The molecule has 1 amide bonds. The van der Waals surface area contributed by atoms with Gasteiger partial charge in [0, 0.05) is 25.0 Å². The maximum atomic E-state index is 11.5. The molecule has 0 fully saturated rings. The molecule has 3 N–H and O–H groups in total. The molecule has 0 bridgehead atoms. The molecule has 0 heterocycles. The Morgan fingerprint density at radius 2 is 2.24 bits per heavy atom. The van der Waals surface area contributed by atoms with Gasteiger partial charge in [-0.1, -0.05) is 18.2 Å². The largest absolute Gasteiger partial charge is 0.385 e. The van der Waals surface area contributed by atoms with E-state index in [9.17, 15) is 4.79 Å². The van der Waals surface area contributed by atoms with Gasteiger partial charge in [-0.2, -0.15) is 11.8 Å². The molecule has 17 heavy (non-hydrogen) atoms. The van der Waals surface area contributed by atoms with Crippen LogP contribution in [0, 0.1) is 0 Å². The van der Waals surface area contributed by atoms with E-state index in [-0.39, 0.29) is 5.91 Å². The zero-order valence-electron chi connectivity index (χ0n) is 9.94. The average Bonchev–Trinajstić information content (AvgIpc) is 2.38. The van der Waals surface area contributed by atoms with E-state index in [0.717, 1.165) is 30.1 Å². The number of nitrogens with one attached hydrogen (secondary N) is 1. The fourth-order valence-corrected chi connectivity index (χ4v) is 2.37. The molecule has 1 aromatic carbocycles. The number of benzene rings is 1. The van der Waals surface area contributed by atoms with Crippen LogP contribution in [0.5, 0.6) is 0 Å². The van der Waals surface area contributed by atoms with Crippen molar-refractivity contribution in [3.05, 3.63) is 35.4 Å². The van der Waals surface area contributed by atoms with E-state index in [2.05, 4.69) is 5.43 Å². The van der Waals surface area contributed by atoms with Crippen molar-refractivity contribution >= 4 is 17.7 Å². The molecule has 0 aliphatic carbocycles. The number of nitrogens with two attached hydrogens (primary N) is 1. The van der Waals surface area contributed by atoms with E-state index in [0.29, 0.717) is 5.56 Å². The maximum Gasteiger partial charge on any atom is 0.265 e. The first-order valence-corrected chi connectivity index (χ1v) is 6.60. The van der Waals surface area contributed by atoms with Gasteiger partial charge in [0.1, 0.15) is 0 Å². The number of nitrogen functional groups attached to an aromatic ring is 1. The van der Waals surface area contributed by atoms with E-state index in [1.54, 1.807) is 24.9 Å². The Balaban J connectivity index is 2.49.